The fourth-order valence-corrected chi connectivity index (χ4v) is 2.61. The number of nitrogens with two attached hydrogens (primary N) is 1. The minimum atomic E-state index is -0.213. The van der Waals surface area contributed by atoms with Crippen molar-refractivity contribution >= 4 is 0 Å². The second-order valence-electron chi connectivity index (χ2n) is 5.25. The summed E-state index contributed by atoms with van der Waals surface area (Å²) >= 11 is 0. The summed E-state index contributed by atoms with van der Waals surface area (Å²) in [4.78, 5) is 2.37. The van der Waals surface area contributed by atoms with E-state index in [1.54, 1.807) is 12.1 Å². The van der Waals surface area contributed by atoms with Crippen LogP contribution in [0.2, 0.25) is 0 Å². The molecule has 1 aliphatic rings. The number of rotatable bonds is 6. The highest BCUT2D eigenvalue weighted by Crippen LogP contribution is 2.18. The number of nitrogens with zero attached hydrogens (tertiary/aromatic N) is 1. The highest BCUT2D eigenvalue weighted by atomic mass is 19.1. The van der Waals surface area contributed by atoms with Gasteiger partial charge in [0, 0.05) is 24.8 Å². The molecule has 1 atom stereocenters. The van der Waals surface area contributed by atoms with Gasteiger partial charge in [-0.15, -0.1) is 0 Å². The quantitative estimate of drug-likeness (QED) is 0.803. The van der Waals surface area contributed by atoms with E-state index in [2.05, 4.69) is 11.9 Å². The Morgan fingerprint density at radius 3 is 3.00 bits per heavy atom. The maximum Gasteiger partial charge on any atom is 0.128 e. The van der Waals surface area contributed by atoms with Crippen molar-refractivity contribution in [3.8, 4) is 0 Å². The third-order valence-corrected chi connectivity index (χ3v) is 3.87. The zero-order valence-electron chi connectivity index (χ0n) is 11.6. The van der Waals surface area contributed by atoms with Crippen LogP contribution in [0.15, 0.2) is 18.2 Å². The van der Waals surface area contributed by atoms with E-state index < -0.39 is 0 Å². The van der Waals surface area contributed by atoms with Gasteiger partial charge in [0.1, 0.15) is 5.82 Å². The van der Waals surface area contributed by atoms with Gasteiger partial charge >= 0.3 is 0 Å². The molecule has 106 valence electrons. The van der Waals surface area contributed by atoms with E-state index in [1.807, 2.05) is 0 Å². The molecule has 0 aliphatic carbocycles. The molecule has 1 unspecified atom stereocenters. The van der Waals surface area contributed by atoms with Crippen LogP contribution in [0.3, 0.4) is 0 Å². The van der Waals surface area contributed by atoms with Gasteiger partial charge in [0.15, 0.2) is 0 Å². The normalized spacial score (nSPS) is 20.1. The van der Waals surface area contributed by atoms with Gasteiger partial charge < -0.3 is 15.4 Å². The number of benzene rings is 1. The third kappa shape index (κ3) is 4.00. The van der Waals surface area contributed by atoms with E-state index >= 15 is 0 Å². The summed E-state index contributed by atoms with van der Waals surface area (Å²) < 4.78 is 19.2. The number of halogens is 1. The molecule has 1 saturated heterocycles. The van der Waals surface area contributed by atoms with Crippen molar-refractivity contribution in [3.05, 3.63) is 35.1 Å². The number of hydrogen-bond donors (Lipinski definition) is 1. The zero-order valence-corrected chi connectivity index (χ0v) is 11.6. The topological polar surface area (TPSA) is 38.5 Å². The van der Waals surface area contributed by atoms with Gasteiger partial charge in [0.25, 0.3) is 0 Å². The molecular weight excluding hydrogens is 243 g/mol. The van der Waals surface area contributed by atoms with E-state index in [1.165, 1.54) is 25.5 Å². The van der Waals surface area contributed by atoms with Crippen LogP contribution in [0.4, 0.5) is 4.39 Å². The smallest absolute Gasteiger partial charge is 0.128 e. The van der Waals surface area contributed by atoms with Crippen LogP contribution in [-0.2, 0) is 17.9 Å². The second kappa shape index (κ2) is 6.98. The van der Waals surface area contributed by atoms with E-state index in [4.69, 9.17) is 10.5 Å². The molecule has 4 heteroatoms. The molecule has 0 saturated carbocycles. The SMILES string of the molecule is CN1CCCC1CCOCc1cc(CN)ccc1F. The van der Waals surface area contributed by atoms with Gasteiger partial charge in [-0.25, -0.2) is 4.39 Å². The van der Waals surface area contributed by atoms with Gasteiger partial charge in [0.2, 0.25) is 0 Å². The Morgan fingerprint density at radius 1 is 1.47 bits per heavy atom. The predicted molar refractivity (Wildman–Crippen MR) is 74.2 cm³/mol. The van der Waals surface area contributed by atoms with Crippen molar-refractivity contribution in [2.75, 3.05) is 20.2 Å². The van der Waals surface area contributed by atoms with Crippen LogP contribution >= 0.6 is 0 Å². The van der Waals surface area contributed by atoms with Crippen molar-refractivity contribution < 1.29 is 9.13 Å². The van der Waals surface area contributed by atoms with Crippen molar-refractivity contribution in [2.24, 2.45) is 5.73 Å². The molecule has 1 heterocycles. The molecule has 2 rings (SSSR count). The minimum Gasteiger partial charge on any atom is -0.377 e. The van der Waals surface area contributed by atoms with Crippen molar-refractivity contribution in [2.45, 2.75) is 38.5 Å². The molecule has 1 aromatic carbocycles. The average molecular weight is 266 g/mol. The fourth-order valence-electron chi connectivity index (χ4n) is 2.61. The Kier molecular flexibility index (Phi) is 5.31. The third-order valence-electron chi connectivity index (χ3n) is 3.87. The number of hydrogen-bond acceptors (Lipinski definition) is 3. The highest BCUT2D eigenvalue weighted by molar-refractivity contribution is 5.24. The summed E-state index contributed by atoms with van der Waals surface area (Å²) in [7, 11) is 2.15. The first-order valence-corrected chi connectivity index (χ1v) is 6.96. The first-order valence-electron chi connectivity index (χ1n) is 6.96. The molecule has 19 heavy (non-hydrogen) atoms. The van der Waals surface area contributed by atoms with Gasteiger partial charge in [-0.05, 0) is 50.6 Å². The zero-order chi connectivity index (χ0) is 13.7. The maximum absolute atomic E-state index is 13.6. The minimum absolute atomic E-state index is 0.213. The van der Waals surface area contributed by atoms with Gasteiger partial charge in [0.05, 0.1) is 6.61 Å². The standard InChI is InChI=1S/C15H23FN2O/c1-18-7-2-3-14(18)6-8-19-11-13-9-12(10-17)4-5-15(13)16/h4-5,9,14H,2-3,6-8,10-11,17H2,1H3. The van der Waals surface area contributed by atoms with Crippen molar-refractivity contribution in [3.63, 3.8) is 0 Å². The lowest BCUT2D eigenvalue weighted by molar-refractivity contribution is 0.0995. The number of ether oxygens (including phenoxy) is 1. The molecule has 0 aromatic heterocycles. The molecular formula is C15H23FN2O. The number of likely N-dealkylation sites (tertiary alicyclic amines) is 1. The maximum atomic E-state index is 13.6. The average Bonchev–Trinajstić information content (AvgIpc) is 2.82. The van der Waals surface area contributed by atoms with E-state index in [0.717, 1.165) is 12.0 Å². The van der Waals surface area contributed by atoms with Crippen LogP contribution in [-0.4, -0.2) is 31.1 Å². The van der Waals surface area contributed by atoms with E-state index in [-0.39, 0.29) is 5.82 Å². The van der Waals surface area contributed by atoms with E-state index in [0.29, 0.717) is 31.4 Å². The predicted octanol–water partition coefficient (Wildman–Crippen LogP) is 2.29. The summed E-state index contributed by atoms with van der Waals surface area (Å²) in [6.07, 6.45) is 3.54. The molecule has 2 N–H and O–H groups in total. The molecule has 0 amide bonds. The Bertz CT molecular complexity index is 411. The van der Waals surface area contributed by atoms with Gasteiger partial charge in [-0.1, -0.05) is 6.07 Å². The summed E-state index contributed by atoms with van der Waals surface area (Å²) in [5, 5.41) is 0. The summed E-state index contributed by atoms with van der Waals surface area (Å²) in [5.41, 5.74) is 7.09. The second-order valence-corrected chi connectivity index (χ2v) is 5.25. The fraction of sp³-hybridized carbons (Fsp3) is 0.600. The molecule has 3 nitrogen and oxygen atoms in total. The summed E-state index contributed by atoms with van der Waals surface area (Å²) in [6, 6.07) is 5.59. The molecule has 1 aromatic rings. The molecule has 0 spiro atoms. The lowest BCUT2D eigenvalue weighted by atomic mass is 10.1. The molecule has 1 fully saturated rings. The van der Waals surface area contributed by atoms with Crippen LogP contribution < -0.4 is 5.73 Å². The highest BCUT2D eigenvalue weighted by Gasteiger charge is 2.20. The monoisotopic (exact) mass is 266 g/mol. The summed E-state index contributed by atoms with van der Waals surface area (Å²) in [5.74, 6) is -0.213. The van der Waals surface area contributed by atoms with Crippen LogP contribution in [0.1, 0.15) is 30.4 Å². The van der Waals surface area contributed by atoms with Crippen LogP contribution in [0, 0.1) is 5.82 Å². The lowest BCUT2D eigenvalue weighted by Crippen LogP contribution is -2.26. The van der Waals surface area contributed by atoms with Crippen molar-refractivity contribution in [1.82, 2.24) is 4.90 Å². The Balaban J connectivity index is 1.76. The van der Waals surface area contributed by atoms with Crippen LogP contribution in [0.25, 0.3) is 0 Å². The molecule has 1 aliphatic heterocycles. The first kappa shape index (κ1) is 14.4. The van der Waals surface area contributed by atoms with Gasteiger partial charge in [-0.2, -0.15) is 0 Å². The molecule has 0 radical (unpaired) electrons. The summed E-state index contributed by atoms with van der Waals surface area (Å²) in [6.45, 7) is 2.62. The van der Waals surface area contributed by atoms with Gasteiger partial charge in [-0.3, -0.25) is 0 Å². The lowest BCUT2D eigenvalue weighted by Gasteiger charge is -2.19. The van der Waals surface area contributed by atoms with Crippen molar-refractivity contribution in [1.29, 1.82) is 0 Å². The first-order chi connectivity index (χ1) is 9.20. The Hall–Kier alpha value is -0.970. The van der Waals surface area contributed by atoms with Crippen LogP contribution in [0.5, 0.6) is 0 Å². The largest absolute Gasteiger partial charge is 0.377 e. The molecule has 0 bridgehead atoms. The Morgan fingerprint density at radius 2 is 2.32 bits per heavy atom. The Labute approximate surface area is 114 Å². The van der Waals surface area contributed by atoms with E-state index in [9.17, 15) is 4.39 Å².